The van der Waals surface area contributed by atoms with Crippen LogP contribution >= 0.6 is 0 Å². The van der Waals surface area contributed by atoms with Crippen LogP contribution in [0.1, 0.15) is 33.3 Å². The van der Waals surface area contributed by atoms with E-state index in [-0.39, 0.29) is 22.9 Å². The Kier molecular flexibility index (Phi) is 6.64. The first-order chi connectivity index (χ1) is 14.8. The zero-order valence-electron chi connectivity index (χ0n) is 17.9. The lowest BCUT2D eigenvalue weighted by atomic mass is 10.0. The van der Waals surface area contributed by atoms with Gasteiger partial charge in [-0.1, -0.05) is 5.92 Å². The number of nitro benzene ring substituents is 2. The van der Waals surface area contributed by atoms with Crippen LogP contribution in [0.25, 0.3) is 6.08 Å². The van der Waals surface area contributed by atoms with Gasteiger partial charge in [0.15, 0.2) is 11.4 Å². The van der Waals surface area contributed by atoms with Crippen molar-refractivity contribution in [2.45, 2.75) is 38.9 Å². The highest BCUT2D eigenvalue weighted by Crippen LogP contribution is 2.41. The van der Waals surface area contributed by atoms with Crippen molar-refractivity contribution in [3.05, 3.63) is 62.2 Å². The van der Waals surface area contributed by atoms with Gasteiger partial charge in [0.25, 0.3) is 0 Å². The Morgan fingerprint density at radius 3 is 2.22 bits per heavy atom. The minimum absolute atomic E-state index is 0.283. The predicted octanol–water partition coefficient (Wildman–Crippen LogP) is 4.58. The number of ether oxygens (including phenoxy) is 2. The molecular weight excluding hydrogens is 420 g/mol. The molecule has 3 rings (SSSR count). The van der Waals surface area contributed by atoms with Crippen molar-refractivity contribution >= 4 is 17.5 Å². The number of hydrogen-bond acceptors (Lipinski definition) is 8. The molecule has 0 saturated carbocycles. The van der Waals surface area contributed by atoms with Crippen LogP contribution in [0.3, 0.4) is 0 Å². The van der Waals surface area contributed by atoms with Crippen LogP contribution in [0.2, 0.25) is 0 Å². The van der Waals surface area contributed by atoms with E-state index in [1.165, 1.54) is 18.2 Å². The standard InChI is InChI=1S/2C11H11NO4/c1-11(2)6-5-7-9(16-11)4-3-8(10(7)13)12(14)15;1-4-11(2,3)16-8-5-6-9(12(14)15)10(13)7-8/h3-6,13H,1-2H3;1,5-7,13H,2-3H3. The first-order valence-electron chi connectivity index (χ1n) is 9.29. The van der Waals surface area contributed by atoms with Gasteiger partial charge in [0, 0.05) is 18.2 Å². The monoisotopic (exact) mass is 442 g/mol. The highest BCUT2D eigenvalue weighted by molar-refractivity contribution is 5.72. The van der Waals surface area contributed by atoms with Gasteiger partial charge in [0.2, 0.25) is 5.75 Å². The second-order valence-electron chi connectivity index (χ2n) is 7.81. The maximum absolute atomic E-state index is 10.6. The molecule has 2 aromatic carbocycles. The second kappa shape index (κ2) is 8.85. The predicted molar refractivity (Wildman–Crippen MR) is 117 cm³/mol. The molecule has 0 unspecified atom stereocenters. The molecule has 2 aromatic rings. The summed E-state index contributed by atoms with van der Waals surface area (Å²) < 4.78 is 10.9. The fourth-order valence-electron chi connectivity index (χ4n) is 2.62. The van der Waals surface area contributed by atoms with Gasteiger partial charge in [-0.3, -0.25) is 20.2 Å². The van der Waals surface area contributed by atoms with Crippen molar-refractivity contribution in [3.63, 3.8) is 0 Å². The van der Waals surface area contributed by atoms with Gasteiger partial charge < -0.3 is 19.7 Å². The fraction of sp³-hybridized carbons (Fsp3) is 0.273. The van der Waals surface area contributed by atoms with Gasteiger partial charge in [-0.2, -0.15) is 0 Å². The third-order valence-corrected chi connectivity index (χ3v) is 4.24. The van der Waals surface area contributed by atoms with Crippen LogP contribution in [0.15, 0.2) is 36.4 Å². The summed E-state index contributed by atoms with van der Waals surface area (Å²) in [6.07, 6.45) is 8.61. The van der Waals surface area contributed by atoms with E-state index >= 15 is 0 Å². The summed E-state index contributed by atoms with van der Waals surface area (Å²) in [6.45, 7) is 7.08. The van der Waals surface area contributed by atoms with E-state index in [9.17, 15) is 30.4 Å². The summed E-state index contributed by atoms with van der Waals surface area (Å²) in [6, 6.07) is 6.45. The van der Waals surface area contributed by atoms with E-state index in [0.717, 1.165) is 12.1 Å². The summed E-state index contributed by atoms with van der Waals surface area (Å²) in [5, 5.41) is 40.1. The van der Waals surface area contributed by atoms with Gasteiger partial charge >= 0.3 is 11.4 Å². The molecule has 0 aromatic heterocycles. The second-order valence-corrected chi connectivity index (χ2v) is 7.81. The quantitative estimate of drug-likeness (QED) is 0.398. The Bertz CT molecular complexity index is 1130. The number of terminal acetylenes is 1. The molecule has 0 fully saturated rings. The maximum atomic E-state index is 10.6. The molecule has 32 heavy (non-hydrogen) atoms. The number of phenolic OH excluding ortho intramolecular Hbond substituents is 2. The van der Waals surface area contributed by atoms with Crippen LogP contribution in [0.5, 0.6) is 23.0 Å². The zero-order valence-corrected chi connectivity index (χ0v) is 17.9. The molecule has 1 aliphatic heterocycles. The van der Waals surface area contributed by atoms with Crippen LogP contribution in [-0.4, -0.2) is 31.3 Å². The van der Waals surface area contributed by atoms with E-state index in [4.69, 9.17) is 15.9 Å². The number of nitro groups is 2. The van der Waals surface area contributed by atoms with Crippen molar-refractivity contribution in [1.82, 2.24) is 0 Å². The average Bonchev–Trinajstić information content (AvgIpc) is 2.67. The number of aromatic hydroxyl groups is 2. The van der Waals surface area contributed by atoms with Crippen LogP contribution in [0, 0.1) is 32.6 Å². The smallest absolute Gasteiger partial charge is 0.311 e. The molecule has 2 N–H and O–H groups in total. The summed E-state index contributed by atoms with van der Waals surface area (Å²) >= 11 is 0. The highest BCUT2D eigenvalue weighted by Gasteiger charge is 2.27. The summed E-state index contributed by atoms with van der Waals surface area (Å²) in [4.78, 5) is 19.8. The SMILES string of the molecule is C#CC(C)(C)Oc1ccc([N+](=O)[O-])c(O)c1.CC1(C)C=Cc2c(ccc([N+](=O)[O-])c2O)O1. The molecule has 10 nitrogen and oxygen atoms in total. The Morgan fingerprint density at radius 1 is 1.09 bits per heavy atom. The normalized spacial score (nSPS) is 13.5. The van der Waals surface area contributed by atoms with Crippen LogP contribution < -0.4 is 9.47 Å². The highest BCUT2D eigenvalue weighted by atomic mass is 16.6. The lowest BCUT2D eigenvalue weighted by Crippen LogP contribution is -2.27. The minimum Gasteiger partial charge on any atom is -0.502 e. The molecule has 0 amide bonds. The lowest BCUT2D eigenvalue weighted by Gasteiger charge is -2.27. The van der Waals surface area contributed by atoms with E-state index in [1.807, 2.05) is 13.8 Å². The van der Waals surface area contributed by atoms with Crippen molar-refractivity contribution in [3.8, 4) is 35.3 Å². The first-order valence-corrected chi connectivity index (χ1v) is 9.29. The molecule has 1 heterocycles. The van der Waals surface area contributed by atoms with Gasteiger partial charge in [-0.05, 0) is 52.0 Å². The number of rotatable bonds is 4. The van der Waals surface area contributed by atoms with E-state index in [1.54, 1.807) is 26.0 Å². The summed E-state index contributed by atoms with van der Waals surface area (Å²) in [7, 11) is 0. The molecule has 1 aliphatic rings. The van der Waals surface area contributed by atoms with E-state index < -0.39 is 26.8 Å². The Labute approximate surface area is 184 Å². The van der Waals surface area contributed by atoms with Crippen LogP contribution in [0.4, 0.5) is 11.4 Å². The number of nitrogens with zero attached hydrogens (tertiary/aromatic N) is 2. The van der Waals surface area contributed by atoms with Gasteiger partial charge in [-0.15, -0.1) is 6.42 Å². The molecule has 168 valence electrons. The maximum Gasteiger partial charge on any atom is 0.311 e. The van der Waals surface area contributed by atoms with E-state index in [2.05, 4.69) is 5.92 Å². The number of phenols is 2. The molecule has 0 saturated heterocycles. The molecule has 0 aliphatic carbocycles. The van der Waals surface area contributed by atoms with Crippen molar-refractivity contribution in [2.75, 3.05) is 0 Å². The molecule has 10 heteroatoms. The minimum atomic E-state index is -0.831. The number of fused-ring (bicyclic) bond motifs is 1. The van der Waals surface area contributed by atoms with Gasteiger partial charge in [0.1, 0.15) is 17.1 Å². The fourth-order valence-corrected chi connectivity index (χ4v) is 2.62. The number of benzene rings is 2. The average molecular weight is 442 g/mol. The molecular formula is C22H22N2O8. The van der Waals surface area contributed by atoms with Crippen LogP contribution in [-0.2, 0) is 0 Å². The topological polar surface area (TPSA) is 145 Å². The molecule has 0 spiro atoms. The Hall–Kier alpha value is -4.26. The van der Waals surface area contributed by atoms with Crippen molar-refractivity contribution < 1.29 is 29.5 Å². The van der Waals surface area contributed by atoms with E-state index in [0.29, 0.717) is 11.3 Å². The Balaban J connectivity index is 0.000000227. The zero-order chi connectivity index (χ0) is 24.3. The third-order valence-electron chi connectivity index (χ3n) is 4.24. The third kappa shape index (κ3) is 5.66. The molecule has 0 atom stereocenters. The summed E-state index contributed by atoms with van der Waals surface area (Å²) in [5.41, 5.74) is -1.62. The summed E-state index contributed by atoms with van der Waals surface area (Å²) in [5.74, 6) is 2.35. The first kappa shape index (κ1) is 24.0. The molecule has 0 radical (unpaired) electrons. The van der Waals surface area contributed by atoms with Crippen molar-refractivity contribution in [1.29, 1.82) is 0 Å². The van der Waals surface area contributed by atoms with Gasteiger partial charge in [0.05, 0.1) is 15.4 Å². The molecule has 0 bridgehead atoms. The largest absolute Gasteiger partial charge is 0.502 e. The lowest BCUT2D eigenvalue weighted by molar-refractivity contribution is -0.386. The Morgan fingerprint density at radius 2 is 1.69 bits per heavy atom. The van der Waals surface area contributed by atoms with Crippen molar-refractivity contribution in [2.24, 2.45) is 0 Å². The van der Waals surface area contributed by atoms with Gasteiger partial charge in [-0.25, -0.2) is 0 Å². The number of hydrogen-bond donors (Lipinski definition) is 2.